The molecular formula is C19H29FN7O6P. The fourth-order valence-electron chi connectivity index (χ4n) is 3.10. The van der Waals surface area contributed by atoms with Crippen molar-refractivity contribution in [2.45, 2.75) is 45.2 Å². The molecule has 3 heterocycles. The molecule has 1 aliphatic heterocycles. The molecule has 3 N–H and O–H groups in total. The van der Waals surface area contributed by atoms with Crippen molar-refractivity contribution in [2.24, 2.45) is 0 Å². The highest BCUT2D eigenvalue weighted by Crippen LogP contribution is 2.47. The number of rotatable bonds is 9. The summed E-state index contributed by atoms with van der Waals surface area (Å²) in [5, 5.41) is 2.51. The predicted octanol–water partition coefficient (Wildman–Crippen LogP) is 1.93. The average Bonchev–Trinajstić information content (AvgIpc) is 3.15. The number of aromatic nitrogens is 4. The number of halogens is 1. The first kappa shape index (κ1) is 26.0. The van der Waals surface area contributed by atoms with Crippen molar-refractivity contribution in [1.29, 1.82) is 0 Å². The van der Waals surface area contributed by atoms with Gasteiger partial charge in [-0.05, 0) is 20.8 Å². The molecule has 3 rings (SSSR count). The Morgan fingerprint density at radius 1 is 1.35 bits per heavy atom. The highest BCUT2D eigenvalue weighted by Gasteiger charge is 2.38. The van der Waals surface area contributed by atoms with E-state index in [-0.39, 0.29) is 30.9 Å². The van der Waals surface area contributed by atoms with E-state index in [1.165, 1.54) is 17.8 Å². The molecule has 1 saturated heterocycles. The molecule has 0 aromatic carbocycles. The maximum Gasteiger partial charge on any atom is 0.406 e. The maximum atomic E-state index is 14.4. The van der Waals surface area contributed by atoms with Gasteiger partial charge in [0.2, 0.25) is 5.95 Å². The second-order valence-corrected chi connectivity index (χ2v) is 9.88. The number of carbonyl (C=O) groups is 1. The van der Waals surface area contributed by atoms with E-state index in [0.717, 1.165) is 0 Å². The fourth-order valence-corrected chi connectivity index (χ4v) is 4.63. The number of esters is 1. The molecule has 1 fully saturated rings. The minimum Gasteiger partial charge on any atom is -0.462 e. The maximum absolute atomic E-state index is 14.4. The second-order valence-electron chi connectivity index (χ2n) is 8.11. The highest BCUT2D eigenvalue weighted by molar-refractivity contribution is 7.51. The topological polar surface area (TPSA) is 156 Å². The lowest BCUT2D eigenvalue weighted by Gasteiger charge is -2.32. The molecule has 0 bridgehead atoms. The Bertz CT molecular complexity index is 1100. The van der Waals surface area contributed by atoms with Crippen LogP contribution in [0.15, 0.2) is 18.7 Å². The quantitative estimate of drug-likeness (QED) is 0.381. The minimum atomic E-state index is -3.80. The molecular weight excluding hydrogens is 472 g/mol. The zero-order valence-corrected chi connectivity index (χ0v) is 20.5. The average molecular weight is 501 g/mol. The number of hydrogen-bond donors (Lipinski definition) is 2. The van der Waals surface area contributed by atoms with E-state index in [9.17, 15) is 13.8 Å². The van der Waals surface area contributed by atoms with E-state index >= 15 is 0 Å². The minimum absolute atomic E-state index is 0.0253. The third kappa shape index (κ3) is 5.88. The Morgan fingerprint density at radius 2 is 2.00 bits per heavy atom. The van der Waals surface area contributed by atoms with Crippen LogP contribution in [0, 0.1) is 0 Å². The molecule has 0 aliphatic carbocycles. The number of nitrogens with one attached hydrogen (secondary N) is 1. The molecule has 0 radical (unpaired) electrons. The van der Waals surface area contributed by atoms with E-state index in [4.69, 9.17) is 24.3 Å². The summed E-state index contributed by atoms with van der Waals surface area (Å²) in [5.74, 6) is -1.01. The molecule has 188 valence electrons. The van der Waals surface area contributed by atoms with Crippen molar-refractivity contribution in [2.75, 3.05) is 37.9 Å². The number of ether oxygens (including phenoxy) is 2. The van der Waals surface area contributed by atoms with Crippen molar-refractivity contribution in [3.8, 4) is 0 Å². The summed E-state index contributed by atoms with van der Waals surface area (Å²) in [7, 11) is -0.286. The van der Waals surface area contributed by atoms with Gasteiger partial charge in [0.15, 0.2) is 23.2 Å². The molecule has 0 amide bonds. The van der Waals surface area contributed by atoms with Gasteiger partial charge < -0.3 is 20.1 Å². The van der Waals surface area contributed by atoms with Crippen molar-refractivity contribution in [1.82, 2.24) is 24.6 Å². The van der Waals surface area contributed by atoms with Crippen LogP contribution in [0.2, 0.25) is 0 Å². The van der Waals surface area contributed by atoms with Gasteiger partial charge in [0.25, 0.3) is 0 Å². The van der Waals surface area contributed by atoms with Crippen LogP contribution in [0.4, 0.5) is 16.2 Å². The number of anilines is 2. The van der Waals surface area contributed by atoms with Gasteiger partial charge in [0.05, 0.1) is 25.6 Å². The second kappa shape index (κ2) is 10.3. The van der Waals surface area contributed by atoms with Crippen LogP contribution in [0.1, 0.15) is 27.0 Å². The number of imidazole rings is 1. The standard InChI is InChI=1S/C19H29FN7O6P/c1-10(2)32-18(28)12(4)25-34(29)30-7-13(8-31-34)33-17(11(3)20)27-9-22-14-15(26(5)6)23-19(21)24-16(14)27/h9-10,12-13,17H,3,7-8H2,1-2,4-6H3,(H,25,29)(H2,21,23,24)/t12-,13?,17+,34?/m0/s1. The number of carbonyl (C=O) groups excluding carboxylic acids is 1. The Hall–Kier alpha value is -2.64. The monoisotopic (exact) mass is 501 g/mol. The lowest BCUT2D eigenvalue weighted by molar-refractivity contribution is -0.149. The molecule has 0 saturated carbocycles. The van der Waals surface area contributed by atoms with Crippen molar-refractivity contribution in [3.05, 3.63) is 18.7 Å². The zero-order valence-electron chi connectivity index (χ0n) is 19.6. The first-order chi connectivity index (χ1) is 15.9. The Morgan fingerprint density at radius 3 is 2.56 bits per heavy atom. The number of hydrogen-bond acceptors (Lipinski definition) is 11. The van der Waals surface area contributed by atoms with Gasteiger partial charge >= 0.3 is 13.7 Å². The molecule has 2 aromatic rings. The molecule has 1 aliphatic rings. The number of fused-ring (bicyclic) bond motifs is 1. The zero-order chi connectivity index (χ0) is 25.2. The molecule has 2 aromatic heterocycles. The van der Waals surface area contributed by atoms with E-state index < -0.39 is 37.9 Å². The summed E-state index contributed by atoms with van der Waals surface area (Å²) in [6, 6.07) is -0.933. The van der Waals surface area contributed by atoms with Gasteiger partial charge in [0, 0.05) is 14.1 Å². The molecule has 2 atom stereocenters. The van der Waals surface area contributed by atoms with Crippen LogP contribution in [-0.4, -0.2) is 71.0 Å². The van der Waals surface area contributed by atoms with Crippen LogP contribution in [0.5, 0.6) is 0 Å². The van der Waals surface area contributed by atoms with E-state index in [1.54, 1.807) is 32.8 Å². The van der Waals surface area contributed by atoms with Gasteiger partial charge in [-0.25, -0.2) is 19.0 Å². The number of nitrogens with two attached hydrogens (primary N) is 1. The molecule has 13 nitrogen and oxygen atoms in total. The van der Waals surface area contributed by atoms with Crippen LogP contribution in [0.3, 0.4) is 0 Å². The third-order valence-electron chi connectivity index (χ3n) is 4.60. The third-order valence-corrected chi connectivity index (χ3v) is 6.29. The molecule has 15 heteroatoms. The summed E-state index contributed by atoms with van der Waals surface area (Å²) in [5.41, 5.74) is 6.44. The first-order valence-electron chi connectivity index (χ1n) is 10.4. The Balaban J connectivity index is 1.71. The van der Waals surface area contributed by atoms with Crippen molar-refractivity contribution in [3.63, 3.8) is 0 Å². The smallest absolute Gasteiger partial charge is 0.406 e. The normalized spacial score (nSPS) is 22.5. The van der Waals surface area contributed by atoms with Crippen LogP contribution in [0.25, 0.3) is 11.2 Å². The van der Waals surface area contributed by atoms with Crippen LogP contribution >= 0.6 is 7.75 Å². The van der Waals surface area contributed by atoms with E-state index in [2.05, 4.69) is 26.6 Å². The van der Waals surface area contributed by atoms with Gasteiger partial charge in [0.1, 0.15) is 18.0 Å². The van der Waals surface area contributed by atoms with Crippen LogP contribution < -0.4 is 15.7 Å². The summed E-state index contributed by atoms with van der Waals surface area (Å²) in [6.45, 7) is 7.81. The summed E-state index contributed by atoms with van der Waals surface area (Å²) < 4.78 is 50.0. The van der Waals surface area contributed by atoms with Crippen LogP contribution in [-0.2, 0) is 27.9 Å². The van der Waals surface area contributed by atoms with Crippen molar-refractivity contribution < 1.29 is 32.3 Å². The molecule has 0 unspecified atom stereocenters. The summed E-state index contributed by atoms with van der Waals surface area (Å²) >= 11 is 0. The van der Waals surface area contributed by atoms with Gasteiger partial charge in [-0.3, -0.25) is 18.4 Å². The lowest BCUT2D eigenvalue weighted by atomic mass is 10.4. The first-order valence-corrected chi connectivity index (χ1v) is 12.0. The van der Waals surface area contributed by atoms with E-state index in [0.29, 0.717) is 11.3 Å². The summed E-state index contributed by atoms with van der Waals surface area (Å²) in [6.07, 6.45) is -1.15. The number of nitrogen functional groups attached to an aromatic ring is 1. The van der Waals surface area contributed by atoms with Gasteiger partial charge in [-0.2, -0.15) is 9.97 Å². The fraction of sp³-hybridized carbons (Fsp3) is 0.579. The summed E-state index contributed by atoms with van der Waals surface area (Å²) in [4.78, 5) is 26.2. The van der Waals surface area contributed by atoms with E-state index in [1.807, 2.05) is 0 Å². The lowest BCUT2D eigenvalue weighted by Crippen LogP contribution is -2.40. The molecule has 34 heavy (non-hydrogen) atoms. The SMILES string of the molecule is C=C(F)[C@@H](OC1COP(=O)(N[C@@H](C)C(=O)OC(C)C)OC1)n1cnc2c(N(C)C)nc(N)nc21. The largest absolute Gasteiger partial charge is 0.462 e. The Labute approximate surface area is 196 Å². The highest BCUT2D eigenvalue weighted by atomic mass is 31.2. The Kier molecular flexibility index (Phi) is 7.88. The number of nitrogens with zero attached hydrogens (tertiary/aromatic N) is 5. The van der Waals surface area contributed by atoms with Gasteiger partial charge in [-0.15, -0.1) is 0 Å². The molecule has 0 spiro atoms. The predicted molar refractivity (Wildman–Crippen MR) is 122 cm³/mol. The van der Waals surface area contributed by atoms with Crippen molar-refractivity contribution >= 4 is 36.6 Å². The van der Waals surface area contributed by atoms with Gasteiger partial charge in [-0.1, -0.05) is 6.58 Å².